The van der Waals surface area contributed by atoms with Crippen LogP contribution >= 0.6 is 0 Å². The van der Waals surface area contributed by atoms with E-state index in [-0.39, 0.29) is 0 Å². The van der Waals surface area contributed by atoms with Crippen LogP contribution in [0.3, 0.4) is 0 Å². The lowest BCUT2D eigenvalue weighted by Gasteiger charge is -2.13. The second-order valence-corrected chi connectivity index (χ2v) is 10.3. The molecule has 0 aliphatic heterocycles. The fourth-order valence-electron chi connectivity index (χ4n) is 5.57. The van der Waals surface area contributed by atoms with E-state index >= 15 is 0 Å². The Hall–Kier alpha value is -5.94. The minimum absolute atomic E-state index is 0.500. The zero-order valence-electron chi connectivity index (χ0n) is 23.1. The van der Waals surface area contributed by atoms with Crippen molar-refractivity contribution in [2.45, 2.75) is 0 Å². The molecule has 0 N–H and O–H groups in total. The van der Waals surface area contributed by atoms with Gasteiger partial charge < -0.3 is 4.42 Å². The van der Waals surface area contributed by atoms with Crippen molar-refractivity contribution >= 4 is 21.8 Å². The van der Waals surface area contributed by atoms with Crippen molar-refractivity contribution in [2.75, 3.05) is 0 Å². The van der Waals surface area contributed by atoms with Gasteiger partial charge in [-0.3, -0.25) is 0 Å². The third-order valence-corrected chi connectivity index (χ3v) is 7.69. The molecule has 5 nitrogen and oxygen atoms in total. The number of benzene rings is 6. The number of nitrogens with zero attached hydrogens (tertiary/aromatic N) is 4. The number of hydrogen-bond acceptors (Lipinski definition) is 5. The lowest BCUT2D eigenvalue weighted by atomic mass is 9.94. The summed E-state index contributed by atoms with van der Waals surface area (Å²) in [5.74, 6) is 1.01. The maximum Gasteiger partial charge on any atom is 0.248 e. The van der Waals surface area contributed by atoms with Crippen LogP contribution in [0.2, 0.25) is 0 Å². The average Bonchev–Trinajstić information content (AvgIpc) is 3.58. The molecule has 0 atom stereocenters. The molecule has 8 rings (SSSR count). The Bertz CT molecular complexity index is 2220. The van der Waals surface area contributed by atoms with Crippen molar-refractivity contribution < 1.29 is 4.42 Å². The van der Waals surface area contributed by atoms with Crippen molar-refractivity contribution in [1.29, 1.82) is 0 Å². The Morgan fingerprint density at radius 1 is 0.349 bits per heavy atom. The Kier molecular flexibility index (Phi) is 6.05. The maximum atomic E-state index is 6.12. The van der Waals surface area contributed by atoms with Gasteiger partial charge in [0.05, 0.1) is 22.4 Å². The van der Waals surface area contributed by atoms with E-state index in [1.54, 1.807) is 0 Å². The fraction of sp³-hybridized carbons (Fsp3) is 0. The normalized spacial score (nSPS) is 11.3. The van der Waals surface area contributed by atoms with Crippen LogP contribution in [0.4, 0.5) is 0 Å². The highest BCUT2D eigenvalue weighted by Crippen LogP contribution is 2.37. The second-order valence-electron chi connectivity index (χ2n) is 10.3. The molecule has 8 aromatic rings. The highest BCUT2D eigenvalue weighted by molar-refractivity contribution is 6.04. The van der Waals surface area contributed by atoms with Gasteiger partial charge in [-0.25, -0.2) is 9.97 Å². The SMILES string of the molecule is c1ccc(-c2nnc(-c3ccc(-c4ccc(-c5nc6ccccc6nc5-c5ccccc5)cc4)c4ccccc34)o2)cc1. The molecule has 0 saturated heterocycles. The summed E-state index contributed by atoms with van der Waals surface area (Å²) in [5.41, 5.74) is 9.58. The first kappa shape index (κ1) is 24.8. The summed E-state index contributed by atoms with van der Waals surface area (Å²) in [6, 6.07) is 49.2. The number of para-hydroxylation sites is 2. The largest absolute Gasteiger partial charge is 0.416 e. The lowest BCUT2D eigenvalue weighted by molar-refractivity contribution is 0.585. The first-order chi connectivity index (χ1) is 21.3. The van der Waals surface area contributed by atoms with Crippen LogP contribution in [-0.4, -0.2) is 20.2 Å². The molecule has 0 spiro atoms. The molecular formula is C38H24N4O. The van der Waals surface area contributed by atoms with Crippen LogP contribution in [0, 0.1) is 0 Å². The molecular weight excluding hydrogens is 528 g/mol. The minimum atomic E-state index is 0.500. The molecule has 5 heteroatoms. The van der Waals surface area contributed by atoms with Gasteiger partial charge in [-0.05, 0) is 52.2 Å². The molecule has 0 bridgehead atoms. The van der Waals surface area contributed by atoms with Crippen molar-refractivity contribution in [3.05, 3.63) is 146 Å². The van der Waals surface area contributed by atoms with Gasteiger partial charge in [0.15, 0.2) is 0 Å². The number of fused-ring (bicyclic) bond motifs is 2. The monoisotopic (exact) mass is 552 g/mol. The third kappa shape index (κ3) is 4.53. The van der Waals surface area contributed by atoms with Crippen molar-refractivity contribution in [1.82, 2.24) is 20.2 Å². The molecule has 0 unspecified atom stereocenters. The molecule has 2 aromatic heterocycles. The molecule has 0 radical (unpaired) electrons. The van der Waals surface area contributed by atoms with Crippen molar-refractivity contribution in [2.24, 2.45) is 0 Å². The summed E-state index contributed by atoms with van der Waals surface area (Å²) in [7, 11) is 0. The Balaban J connectivity index is 1.20. The predicted molar refractivity (Wildman–Crippen MR) is 172 cm³/mol. The highest BCUT2D eigenvalue weighted by Gasteiger charge is 2.17. The van der Waals surface area contributed by atoms with Gasteiger partial charge in [0.1, 0.15) is 0 Å². The van der Waals surface area contributed by atoms with Gasteiger partial charge in [0, 0.05) is 22.3 Å². The van der Waals surface area contributed by atoms with Gasteiger partial charge in [0.2, 0.25) is 11.8 Å². The molecule has 202 valence electrons. The van der Waals surface area contributed by atoms with Crippen LogP contribution in [0.25, 0.3) is 78.4 Å². The van der Waals surface area contributed by atoms with Crippen LogP contribution in [0.1, 0.15) is 0 Å². The van der Waals surface area contributed by atoms with E-state index in [4.69, 9.17) is 14.4 Å². The highest BCUT2D eigenvalue weighted by atomic mass is 16.4. The Morgan fingerprint density at radius 3 is 1.47 bits per heavy atom. The summed E-state index contributed by atoms with van der Waals surface area (Å²) >= 11 is 0. The van der Waals surface area contributed by atoms with E-state index in [0.717, 1.165) is 66.6 Å². The number of hydrogen-bond donors (Lipinski definition) is 0. The number of aromatic nitrogens is 4. The summed E-state index contributed by atoms with van der Waals surface area (Å²) < 4.78 is 6.12. The summed E-state index contributed by atoms with van der Waals surface area (Å²) in [6.07, 6.45) is 0. The molecule has 43 heavy (non-hydrogen) atoms. The Morgan fingerprint density at radius 2 is 0.814 bits per heavy atom. The second kappa shape index (κ2) is 10.5. The predicted octanol–water partition coefficient (Wildman–Crippen LogP) is 9.50. The van der Waals surface area contributed by atoms with Gasteiger partial charge in [-0.2, -0.15) is 0 Å². The van der Waals surface area contributed by atoms with Crippen LogP contribution in [-0.2, 0) is 0 Å². The quantitative estimate of drug-likeness (QED) is 0.213. The smallest absolute Gasteiger partial charge is 0.248 e. The van der Waals surface area contributed by atoms with E-state index in [0.29, 0.717) is 11.8 Å². The van der Waals surface area contributed by atoms with Crippen molar-refractivity contribution in [3.8, 4) is 56.6 Å². The first-order valence-corrected chi connectivity index (χ1v) is 14.2. The van der Waals surface area contributed by atoms with Crippen LogP contribution in [0.5, 0.6) is 0 Å². The molecule has 0 aliphatic rings. The van der Waals surface area contributed by atoms with E-state index in [2.05, 4.69) is 76.9 Å². The summed E-state index contributed by atoms with van der Waals surface area (Å²) in [4.78, 5) is 10.1. The number of rotatable bonds is 5. The van der Waals surface area contributed by atoms with E-state index in [1.165, 1.54) is 0 Å². The lowest BCUT2D eigenvalue weighted by Crippen LogP contribution is -1.95. The third-order valence-electron chi connectivity index (χ3n) is 7.69. The summed E-state index contributed by atoms with van der Waals surface area (Å²) in [6.45, 7) is 0. The topological polar surface area (TPSA) is 64.7 Å². The van der Waals surface area contributed by atoms with Gasteiger partial charge in [0.25, 0.3) is 0 Å². The molecule has 0 fully saturated rings. The average molecular weight is 553 g/mol. The van der Waals surface area contributed by atoms with E-state index in [1.807, 2.05) is 78.9 Å². The Labute approximate surface area is 248 Å². The van der Waals surface area contributed by atoms with Gasteiger partial charge in [-0.1, -0.05) is 115 Å². The van der Waals surface area contributed by atoms with Crippen LogP contribution in [0.15, 0.2) is 150 Å². The molecule has 0 saturated carbocycles. The van der Waals surface area contributed by atoms with Crippen LogP contribution < -0.4 is 0 Å². The van der Waals surface area contributed by atoms with Gasteiger partial charge >= 0.3 is 0 Å². The van der Waals surface area contributed by atoms with E-state index in [9.17, 15) is 0 Å². The minimum Gasteiger partial charge on any atom is -0.416 e. The summed E-state index contributed by atoms with van der Waals surface area (Å²) in [5, 5.41) is 10.9. The van der Waals surface area contributed by atoms with E-state index < -0.39 is 0 Å². The zero-order chi connectivity index (χ0) is 28.6. The first-order valence-electron chi connectivity index (χ1n) is 14.2. The maximum absolute atomic E-state index is 6.12. The van der Waals surface area contributed by atoms with Gasteiger partial charge in [-0.15, -0.1) is 10.2 Å². The molecule has 0 aliphatic carbocycles. The zero-order valence-corrected chi connectivity index (χ0v) is 23.1. The van der Waals surface area contributed by atoms with Crippen molar-refractivity contribution in [3.63, 3.8) is 0 Å². The standard InChI is InChI=1S/C38H24N4O/c1-3-11-26(12-4-1)35-36(40-34-18-10-9-17-33(34)39-35)27-21-19-25(20-22-27)29-23-24-32(31-16-8-7-15-30(29)31)38-42-41-37(43-38)28-13-5-2-6-14-28/h1-24H. The molecule has 2 heterocycles. The molecule has 6 aromatic carbocycles. The fourth-order valence-corrected chi connectivity index (χ4v) is 5.57. The molecule has 0 amide bonds.